The smallest absolute Gasteiger partial charge is 0.251 e. The number of halogens is 1. The third kappa shape index (κ3) is 5.39. The van der Waals surface area contributed by atoms with Gasteiger partial charge in [0.1, 0.15) is 4.90 Å². The fourth-order valence-electron chi connectivity index (χ4n) is 2.39. The lowest BCUT2D eigenvalue weighted by atomic mass is 10.2. The zero-order valence-electron chi connectivity index (χ0n) is 14.2. The summed E-state index contributed by atoms with van der Waals surface area (Å²) in [6, 6.07) is 4.27. The van der Waals surface area contributed by atoms with Gasteiger partial charge < -0.3 is 14.8 Å². The van der Waals surface area contributed by atoms with Crippen LogP contribution in [0, 0.1) is 0 Å². The van der Waals surface area contributed by atoms with Crippen LogP contribution < -0.4 is 5.32 Å². The Morgan fingerprint density at radius 3 is 2.76 bits per heavy atom. The highest BCUT2D eigenvalue weighted by atomic mass is 35.5. The molecule has 140 valence electrons. The van der Waals surface area contributed by atoms with Gasteiger partial charge in [0.2, 0.25) is 10.0 Å². The quantitative estimate of drug-likeness (QED) is 0.680. The minimum absolute atomic E-state index is 0.0574. The molecule has 0 atom stereocenters. The van der Waals surface area contributed by atoms with E-state index in [9.17, 15) is 13.2 Å². The van der Waals surface area contributed by atoms with E-state index in [1.807, 2.05) is 6.92 Å². The van der Waals surface area contributed by atoms with Gasteiger partial charge >= 0.3 is 0 Å². The first kappa shape index (κ1) is 20.1. The molecule has 0 aromatic heterocycles. The Morgan fingerprint density at radius 1 is 1.36 bits per heavy atom. The number of carbonyl (C=O) groups is 1. The molecule has 1 amide bonds. The van der Waals surface area contributed by atoms with Crippen LogP contribution in [-0.4, -0.2) is 64.7 Å². The third-order valence-electron chi connectivity index (χ3n) is 3.74. The van der Waals surface area contributed by atoms with Crippen molar-refractivity contribution in [3.8, 4) is 0 Å². The molecule has 9 heteroatoms. The second kappa shape index (κ2) is 9.49. The van der Waals surface area contributed by atoms with Crippen molar-refractivity contribution in [3.05, 3.63) is 28.8 Å². The summed E-state index contributed by atoms with van der Waals surface area (Å²) >= 11 is 6.08. The molecule has 1 heterocycles. The number of sulfonamides is 1. The number of nitrogens with zero attached hydrogens (tertiary/aromatic N) is 1. The fourth-order valence-corrected chi connectivity index (χ4v) is 4.30. The lowest BCUT2D eigenvalue weighted by molar-refractivity contribution is 0.0730. The summed E-state index contributed by atoms with van der Waals surface area (Å²) in [6.07, 6.45) is 0.687. The first-order chi connectivity index (χ1) is 12.0. The monoisotopic (exact) mass is 390 g/mol. The molecule has 1 aliphatic heterocycles. The summed E-state index contributed by atoms with van der Waals surface area (Å²) < 4.78 is 37.2. The molecule has 2 rings (SSSR count). The molecular weight excluding hydrogens is 368 g/mol. The van der Waals surface area contributed by atoms with Gasteiger partial charge in [0.05, 0.1) is 18.2 Å². The molecule has 25 heavy (non-hydrogen) atoms. The van der Waals surface area contributed by atoms with Crippen molar-refractivity contribution in [2.75, 3.05) is 46.1 Å². The van der Waals surface area contributed by atoms with E-state index in [-0.39, 0.29) is 34.5 Å². The summed E-state index contributed by atoms with van der Waals surface area (Å²) in [5.74, 6) is -0.341. The van der Waals surface area contributed by atoms with Gasteiger partial charge in [-0.25, -0.2) is 8.42 Å². The summed E-state index contributed by atoms with van der Waals surface area (Å²) in [7, 11) is -3.76. The maximum Gasteiger partial charge on any atom is 0.251 e. The average molecular weight is 391 g/mol. The summed E-state index contributed by atoms with van der Waals surface area (Å²) in [5.41, 5.74) is 0.257. The molecule has 0 spiro atoms. The molecule has 0 saturated carbocycles. The molecule has 1 aromatic rings. The average Bonchev–Trinajstić information content (AvgIpc) is 2.62. The van der Waals surface area contributed by atoms with Gasteiger partial charge in [0, 0.05) is 38.4 Å². The topological polar surface area (TPSA) is 84.9 Å². The Hall–Kier alpha value is -1.19. The molecule has 1 fully saturated rings. The largest absolute Gasteiger partial charge is 0.382 e. The van der Waals surface area contributed by atoms with Crippen molar-refractivity contribution >= 4 is 27.5 Å². The standard InChI is InChI=1S/C16H23ClN2O5S/c1-2-23-9-3-6-18-16(20)13-4-5-14(17)15(12-13)25(21,22)19-7-10-24-11-8-19/h4-5,12H,2-3,6-11H2,1H3,(H,18,20). The third-order valence-corrected chi connectivity index (χ3v) is 6.12. The van der Waals surface area contributed by atoms with Crippen LogP contribution in [0.15, 0.2) is 23.1 Å². The van der Waals surface area contributed by atoms with Crippen LogP contribution in [-0.2, 0) is 19.5 Å². The number of morpholine rings is 1. The molecule has 0 unspecified atom stereocenters. The molecule has 1 N–H and O–H groups in total. The van der Waals surface area contributed by atoms with Crippen LogP contribution in [0.3, 0.4) is 0 Å². The van der Waals surface area contributed by atoms with Crippen molar-refractivity contribution in [3.63, 3.8) is 0 Å². The van der Waals surface area contributed by atoms with E-state index in [4.69, 9.17) is 21.1 Å². The molecule has 0 radical (unpaired) electrons. The molecule has 1 saturated heterocycles. The predicted octanol–water partition coefficient (Wildman–Crippen LogP) is 1.52. The number of hydrogen-bond donors (Lipinski definition) is 1. The van der Waals surface area contributed by atoms with Crippen molar-refractivity contribution in [1.29, 1.82) is 0 Å². The van der Waals surface area contributed by atoms with Crippen molar-refractivity contribution in [2.24, 2.45) is 0 Å². The van der Waals surface area contributed by atoms with Gasteiger partial charge in [-0.15, -0.1) is 0 Å². The molecule has 0 bridgehead atoms. The fraction of sp³-hybridized carbons (Fsp3) is 0.562. The number of amides is 1. The van der Waals surface area contributed by atoms with Crippen molar-refractivity contribution < 1.29 is 22.7 Å². The predicted molar refractivity (Wildman–Crippen MR) is 94.5 cm³/mol. The molecule has 7 nitrogen and oxygen atoms in total. The van der Waals surface area contributed by atoms with Crippen LogP contribution >= 0.6 is 11.6 Å². The Bertz CT molecular complexity index is 690. The van der Waals surface area contributed by atoms with Gasteiger partial charge in [0.15, 0.2) is 0 Å². The number of rotatable bonds is 8. The second-order valence-corrected chi connectivity index (χ2v) is 7.78. The van der Waals surface area contributed by atoms with E-state index >= 15 is 0 Å². The van der Waals surface area contributed by atoms with E-state index in [0.717, 1.165) is 0 Å². The number of benzene rings is 1. The molecule has 0 aliphatic carbocycles. The minimum Gasteiger partial charge on any atom is -0.382 e. The highest BCUT2D eigenvalue weighted by Crippen LogP contribution is 2.26. The van der Waals surface area contributed by atoms with Crippen molar-refractivity contribution in [2.45, 2.75) is 18.2 Å². The van der Waals surface area contributed by atoms with Gasteiger partial charge in [-0.05, 0) is 31.5 Å². The highest BCUT2D eigenvalue weighted by molar-refractivity contribution is 7.89. The van der Waals surface area contributed by atoms with Crippen LogP contribution in [0.1, 0.15) is 23.7 Å². The maximum absolute atomic E-state index is 12.8. The number of carbonyl (C=O) groups excluding carboxylic acids is 1. The lowest BCUT2D eigenvalue weighted by Gasteiger charge is -2.26. The van der Waals surface area contributed by atoms with Gasteiger partial charge in [-0.1, -0.05) is 11.6 Å². The van der Waals surface area contributed by atoms with Gasteiger partial charge in [0.25, 0.3) is 5.91 Å². The number of ether oxygens (including phenoxy) is 2. The van der Waals surface area contributed by atoms with E-state index in [2.05, 4.69) is 5.32 Å². The normalized spacial score (nSPS) is 15.9. The van der Waals surface area contributed by atoms with Gasteiger partial charge in [-0.3, -0.25) is 4.79 Å². The van der Waals surface area contributed by atoms with Gasteiger partial charge in [-0.2, -0.15) is 4.31 Å². The Morgan fingerprint density at radius 2 is 2.08 bits per heavy atom. The maximum atomic E-state index is 12.8. The first-order valence-corrected chi connectivity index (χ1v) is 10.0. The number of nitrogens with one attached hydrogen (secondary N) is 1. The molecular formula is C16H23ClN2O5S. The van der Waals surface area contributed by atoms with E-state index < -0.39 is 10.0 Å². The van der Waals surface area contributed by atoms with E-state index in [1.165, 1.54) is 22.5 Å². The number of hydrogen-bond acceptors (Lipinski definition) is 5. The van der Waals surface area contributed by atoms with Crippen LogP contribution in [0.5, 0.6) is 0 Å². The Balaban J connectivity index is 2.10. The first-order valence-electron chi connectivity index (χ1n) is 8.20. The van der Waals surface area contributed by atoms with E-state index in [0.29, 0.717) is 39.4 Å². The molecule has 1 aromatic carbocycles. The Kier molecular flexibility index (Phi) is 7.64. The van der Waals surface area contributed by atoms with Crippen LogP contribution in [0.2, 0.25) is 5.02 Å². The van der Waals surface area contributed by atoms with E-state index in [1.54, 1.807) is 0 Å². The van der Waals surface area contributed by atoms with Crippen LogP contribution in [0.4, 0.5) is 0 Å². The zero-order chi connectivity index (χ0) is 18.3. The summed E-state index contributed by atoms with van der Waals surface area (Å²) in [6.45, 7) is 4.78. The van der Waals surface area contributed by atoms with Crippen LogP contribution in [0.25, 0.3) is 0 Å². The zero-order valence-corrected chi connectivity index (χ0v) is 15.7. The highest BCUT2D eigenvalue weighted by Gasteiger charge is 2.29. The Labute approximate surface area is 153 Å². The lowest BCUT2D eigenvalue weighted by Crippen LogP contribution is -2.40. The summed E-state index contributed by atoms with van der Waals surface area (Å²) in [5, 5.41) is 2.84. The van der Waals surface area contributed by atoms with Crippen molar-refractivity contribution in [1.82, 2.24) is 9.62 Å². The molecule has 1 aliphatic rings. The summed E-state index contributed by atoms with van der Waals surface area (Å²) in [4.78, 5) is 12.2. The minimum atomic E-state index is -3.76. The SMILES string of the molecule is CCOCCCNC(=O)c1ccc(Cl)c(S(=O)(=O)N2CCOCC2)c1. The second-order valence-electron chi connectivity index (χ2n) is 5.47.